The fraction of sp³-hybridized carbons (Fsp3) is 0.625. The van der Waals surface area contributed by atoms with Crippen LogP contribution in [0, 0.1) is 0 Å². The van der Waals surface area contributed by atoms with Crippen molar-refractivity contribution in [1.29, 1.82) is 0 Å². The predicted molar refractivity (Wildman–Crippen MR) is 84.5 cm³/mol. The Morgan fingerprint density at radius 2 is 1.64 bits per heavy atom. The molecule has 22 heavy (non-hydrogen) atoms. The fourth-order valence-electron chi connectivity index (χ4n) is 2.55. The molecule has 1 atom stereocenters. The molecule has 6 nitrogen and oxygen atoms in total. The van der Waals surface area contributed by atoms with E-state index >= 15 is 0 Å². The Bertz CT molecular complexity index is 419. The SMILES string of the molecule is COc1ccc(OCC(O)CN2CCN(CCO)CC2)cc1. The topological polar surface area (TPSA) is 65.4 Å². The number of aliphatic hydroxyl groups is 2. The third-order valence-corrected chi connectivity index (χ3v) is 3.85. The Hall–Kier alpha value is -1.34. The lowest BCUT2D eigenvalue weighted by atomic mass is 10.2. The number of piperazine rings is 1. The third kappa shape index (κ3) is 5.46. The van der Waals surface area contributed by atoms with Gasteiger partial charge in [0.15, 0.2) is 0 Å². The van der Waals surface area contributed by atoms with E-state index in [1.165, 1.54) is 0 Å². The van der Waals surface area contributed by atoms with Crippen molar-refractivity contribution in [1.82, 2.24) is 9.80 Å². The molecule has 1 fully saturated rings. The predicted octanol–water partition coefficient (Wildman–Crippen LogP) is 0.0448. The van der Waals surface area contributed by atoms with E-state index in [4.69, 9.17) is 14.6 Å². The van der Waals surface area contributed by atoms with Gasteiger partial charge in [0, 0.05) is 39.3 Å². The van der Waals surface area contributed by atoms with Gasteiger partial charge in [-0.3, -0.25) is 9.80 Å². The summed E-state index contributed by atoms with van der Waals surface area (Å²) < 4.78 is 10.7. The summed E-state index contributed by atoms with van der Waals surface area (Å²) in [6.45, 7) is 5.54. The second-order valence-electron chi connectivity index (χ2n) is 5.51. The molecule has 0 amide bonds. The fourth-order valence-corrected chi connectivity index (χ4v) is 2.55. The summed E-state index contributed by atoms with van der Waals surface area (Å²) in [6.07, 6.45) is -0.508. The molecule has 6 heteroatoms. The lowest BCUT2D eigenvalue weighted by Crippen LogP contribution is -2.49. The Balaban J connectivity index is 1.66. The van der Waals surface area contributed by atoms with E-state index in [1.807, 2.05) is 24.3 Å². The van der Waals surface area contributed by atoms with Crippen molar-refractivity contribution in [2.24, 2.45) is 0 Å². The molecule has 2 N–H and O–H groups in total. The van der Waals surface area contributed by atoms with Crippen molar-refractivity contribution < 1.29 is 19.7 Å². The zero-order valence-electron chi connectivity index (χ0n) is 13.1. The van der Waals surface area contributed by atoms with Gasteiger partial charge < -0.3 is 19.7 Å². The summed E-state index contributed by atoms with van der Waals surface area (Å²) in [4.78, 5) is 4.46. The lowest BCUT2D eigenvalue weighted by molar-refractivity contribution is 0.0428. The van der Waals surface area contributed by atoms with Crippen LogP contribution in [0.25, 0.3) is 0 Å². The third-order valence-electron chi connectivity index (χ3n) is 3.85. The summed E-state index contributed by atoms with van der Waals surface area (Å²) in [5.74, 6) is 1.52. The van der Waals surface area contributed by atoms with Crippen LogP contribution in [0.1, 0.15) is 0 Å². The molecule has 0 aliphatic carbocycles. The first-order valence-corrected chi connectivity index (χ1v) is 7.71. The van der Waals surface area contributed by atoms with Crippen LogP contribution in [0.4, 0.5) is 0 Å². The molecular formula is C16H26N2O4. The van der Waals surface area contributed by atoms with Crippen LogP contribution in [-0.4, -0.2) is 85.7 Å². The van der Waals surface area contributed by atoms with Gasteiger partial charge in [-0.25, -0.2) is 0 Å². The van der Waals surface area contributed by atoms with Crippen molar-refractivity contribution in [2.75, 3.05) is 59.6 Å². The van der Waals surface area contributed by atoms with Crippen molar-refractivity contribution in [2.45, 2.75) is 6.10 Å². The number of benzene rings is 1. The van der Waals surface area contributed by atoms with Crippen LogP contribution >= 0.6 is 0 Å². The van der Waals surface area contributed by atoms with Gasteiger partial charge in [-0.1, -0.05) is 0 Å². The van der Waals surface area contributed by atoms with E-state index in [-0.39, 0.29) is 13.2 Å². The van der Waals surface area contributed by atoms with Gasteiger partial charge in [0.1, 0.15) is 24.2 Å². The number of hydrogen-bond donors (Lipinski definition) is 2. The highest BCUT2D eigenvalue weighted by Gasteiger charge is 2.19. The average Bonchev–Trinajstić information content (AvgIpc) is 2.55. The van der Waals surface area contributed by atoms with E-state index in [0.29, 0.717) is 6.54 Å². The second-order valence-corrected chi connectivity index (χ2v) is 5.51. The van der Waals surface area contributed by atoms with E-state index in [0.717, 1.165) is 44.2 Å². The van der Waals surface area contributed by atoms with Crippen LogP contribution in [0.2, 0.25) is 0 Å². The van der Waals surface area contributed by atoms with E-state index < -0.39 is 6.10 Å². The minimum Gasteiger partial charge on any atom is -0.497 e. The minimum absolute atomic E-state index is 0.207. The molecule has 0 saturated carbocycles. The monoisotopic (exact) mass is 310 g/mol. The van der Waals surface area contributed by atoms with Crippen LogP contribution in [0.5, 0.6) is 11.5 Å². The molecule has 1 saturated heterocycles. The van der Waals surface area contributed by atoms with Crippen molar-refractivity contribution in [3.05, 3.63) is 24.3 Å². The summed E-state index contributed by atoms with van der Waals surface area (Å²) in [5.41, 5.74) is 0. The summed E-state index contributed by atoms with van der Waals surface area (Å²) >= 11 is 0. The molecule has 1 heterocycles. The van der Waals surface area contributed by atoms with E-state index in [2.05, 4.69) is 9.80 Å². The Morgan fingerprint density at radius 1 is 1.05 bits per heavy atom. The summed E-state index contributed by atoms with van der Waals surface area (Å²) in [7, 11) is 1.62. The highest BCUT2D eigenvalue weighted by molar-refractivity contribution is 5.31. The van der Waals surface area contributed by atoms with Gasteiger partial charge in [-0.15, -0.1) is 0 Å². The molecule has 2 rings (SSSR count). The van der Waals surface area contributed by atoms with Crippen LogP contribution in [-0.2, 0) is 0 Å². The van der Waals surface area contributed by atoms with E-state index in [9.17, 15) is 5.11 Å². The molecule has 1 aliphatic rings. The smallest absolute Gasteiger partial charge is 0.119 e. The zero-order chi connectivity index (χ0) is 15.8. The van der Waals surface area contributed by atoms with Crippen molar-refractivity contribution >= 4 is 0 Å². The highest BCUT2D eigenvalue weighted by Crippen LogP contribution is 2.17. The van der Waals surface area contributed by atoms with Crippen LogP contribution in [0.15, 0.2) is 24.3 Å². The summed E-state index contributed by atoms with van der Waals surface area (Å²) in [6, 6.07) is 7.34. The number of aliphatic hydroxyl groups excluding tert-OH is 2. The van der Waals surface area contributed by atoms with Crippen molar-refractivity contribution in [3.8, 4) is 11.5 Å². The minimum atomic E-state index is -0.508. The number of rotatable bonds is 8. The molecule has 1 aromatic carbocycles. The average molecular weight is 310 g/mol. The molecule has 1 unspecified atom stereocenters. The van der Waals surface area contributed by atoms with Crippen LogP contribution < -0.4 is 9.47 Å². The number of β-amino-alcohol motifs (C(OH)–C–C–N with tert-alkyl or cyclic N) is 2. The quantitative estimate of drug-likeness (QED) is 0.707. The Morgan fingerprint density at radius 3 is 2.23 bits per heavy atom. The number of nitrogens with zero attached hydrogens (tertiary/aromatic N) is 2. The molecule has 0 radical (unpaired) electrons. The first-order chi connectivity index (χ1) is 10.7. The second kappa shape index (κ2) is 8.95. The number of methoxy groups -OCH3 is 1. The Labute approximate surface area is 131 Å². The molecule has 0 bridgehead atoms. The maximum Gasteiger partial charge on any atom is 0.119 e. The maximum atomic E-state index is 10.1. The molecule has 1 aromatic rings. The number of ether oxygens (including phenoxy) is 2. The first-order valence-electron chi connectivity index (χ1n) is 7.71. The molecule has 124 valence electrons. The largest absolute Gasteiger partial charge is 0.497 e. The van der Waals surface area contributed by atoms with Gasteiger partial charge >= 0.3 is 0 Å². The normalized spacial score (nSPS) is 18.1. The summed E-state index contributed by atoms with van der Waals surface area (Å²) in [5, 5.41) is 19.0. The molecule has 0 spiro atoms. The van der Waals surface area contributed by atoms with Crippen molar-refractivity contribution in [3.63, 3.8) is 0 Å². The Kier molecular flexibility index (Phi) is 6.92. The van der Waals surface area contributed by atoms with Gasteiger partial charge in [0.25, 0.3) is 0 Å². The van der Waals surface area contributed by atoms with Gasteiger partial charge in [-0.05, 0) is 24.3 Å². The van der Waals surface area contributed by atoms with E-state index in [1.54, 1.807) is 7.11 Å². The van der Waals surface area contributed by atoms with Gasteiger partial charge in [-0.2, -0.15) is 0 Å². The standard InChI is InChI=1S/C16H26N2O4/c1-21-15-2-4-16(5-3-15)22-13-14(20)12-18-8-6-17(7-9-18)10-11-19/h2-5,14,19-20H,6-13H2,1H3. The van der Waals surface area contributed by atoms with Crippen LogP contribution in [0.3, 0.4) is 0 Å². The highest BCUT2D eigenvalue weighted by atomic mass is 16.5. The number of hydrogen-bond acceptors (Lipinski definition) is 6. The maximum absolute atomic E-state index is 10.1. The first kappa shape index (κ1) is 17.0. The van der Waals surface area contributed by atoms with Gasteiger partial charge in [0.05, 0.1) is 13.7 Å². The molecule has 1 aliphatic heterocycles. The zero-order valence-corrected chi connectivity index (χ0v) is 13.1. The molecular weight excluding hydrogens is 284 g/mol. The lowest BCUT2D eigenvalue weighted by Gasteiger charge is -2.35. The molecule has 0 aromatic heterocycles. The van der Waals surface area contributed by atoms with Gasteiger partial charge in [0.2, 0.25) is 0 Å².